The number of ether oxygens (including phenoxy) is 4. The summed E-state index contributed by atoms with van der Waals surface area (Å²) < 4.78 is 21.3. The van der Waals surface area contributed by atoms with Crippen LogP contribution < -0.4 is 24.4 Å². The van der Waals surface area contributed by atoms with Crippen LogP contribution in [0.1, 0.15) is 15.9 Å². The number of methoxy groups -OCH3 is 4. The van der Waals surface area contributed by atoms with E-state index in [0.29, 0.717) is 28.6 Å². The van der Waals surface area contributed by atoms with Gasteiger partial charge in [0, 0.05) is 11.1 Å². The molecule has 7 nitrogen and oxygen atoms in total. The largest absolute Gasteiger partial charge is 0.496 e. The molecule has 0 radical (unpaired) electrons. The molecular formula is C22H22N2O5. The second-order valence-corrected chi connectivity index (χ2v) is 6.02. The van der Waals surface area contributed by atoms with Crippen molar-refractivity contribution in [3.05, 3.63) is 59.7 Å². The van der Waals surface area contributed by atoms with Gasteiger partial charge in [-0.15, -0.1) is 0 Å². The highest BCUT2D eigenvalue weighted by Crippen LogP contribution is 2.38. The van der Waals surface area contributed by atoms with E-state index in [4.69, 9.17) is 18.9 Å². The van der Waals surface area contributed by atoms with E-state index in [1.807, 2.05) is 36.4 Å². The lowest BCUT2D eigenvalue weighted by molar-refractivity contribution is 0.0954. The predicted molar refractivity (Wildman–Crippen MR) is 112 cm³/mol. The maximum atomic E-state index is 12.6. The molecule has 0 saturated heterocycles. The summed E-state index contributed by atoms with van der Waals surface area (Å²) in [4.78, 5) is 12.6. The number of amides is 1. The highest BCUT2D eigenvalue weighted by atomic mass is 16.5. The van der Waals surface area contributed by atoms with Crippen LogP contribution >= 0.6 is 0 Å². The van der Waals surface area contributed by atoms with E-state index in [9.17, 15) is 4.79 Å². The van der Waals surface area contributed by atoms with Crippen LogP contribution in [-0.4, -0.2) is 40.6 Å². The summed E-state index contributed by atoms with van der Waals surface area (Å²) in [6.07, 6.45) is 1.57. The molecule has 0 fully saturated rings. The fraction of sp³-hybridized carbons (Fsp3) is 0.182. The average Bonchev–Trinajstić information content (AvgIpc) is 2.77. The molecule has 29 heavy (non-hydrogen) atoms. The van der Waals surface area contributed by atoms with Gasteiger partial charge in [-0.3, -0.25) is 4.79 Å². The zero-order valence-corrected chi connectivity index (χ0v) is 16.7. The van der Waals surface area contributed by atoms with Crippen LogP contribution in [0.2, 0.25) is 0 Å². The molecule has 0 aliphatic rings. The number of nitrogens with zero attached hydrogens (tertiary/aromatic N) is 1. The van der Waals surface area contributed by atoms with Gasteiger partial charge in [0.1, 0.15) is 5.75 Å². The Morgan fingerprint density at radius 3 is 2.14 bits per heavy atom. The van der Waals surface area contributed by atoms with E-state index in [1.54, 1.807) is 25.5 Å². The predicted octanol–water partition coefficient (Wildman–Crippen LogP) is 3.64. The monoisotopic (exact) mass is 394 g/mol. The van der Waals surface area contributed by atoms with Crippen molar-refractivity contribution in [3.63, 3.8) is 0 Å². The molecule has 0 aliphatic carbocycles. The third-order valence-electron chi connectivity index (χ3n) is 4.44. The summed E-state index contributed by atoms with van der Waals surface area (Å²) in [5.41, 5.74) is 3.62. The summed E-state index contributed by atoms with van der Waals surface area (Å²) in [5, 5.41) is 6.13. The van der Waals surface area contributed by atoms with E-state index in [1.165, 1.54) is 21.3 Å². The molecule has 3 aromatic rings. The van der Waals surface area contributed by atoms with Crippen LogP contribution in [0.5, 0.6) is 23.0 Å². The molecule has 0 bridgehead atoms. The molecule has 0 atom stereocenters. The Kier molecular flexibility index (Phi) is 6.19. The number of hydrogen-bond donors (Lipinski definition) is 1. The standard InChI is InChI=1S/C22H22N2O5/c1-26-18-10-9-14-7-5-6-8-16(14)17(18)13-23-24-22(25)15-11-19(27-2)21(29-4)20(12-15)28-3/h5-13H,1-4H3,(H,24,25)/b23-13+. The topological polar surface area (TPSA) is 78.4 Å². The van der Waals surface area contributed by atoms with Gasteiger partial charge >= 0.3 is 0 Å². The average molecular weight is 394 g/mol. The SMILES string of the molecule is COc1cc(C(=O)N/N=C/c2c(OC)ccc3ccccc23)cc(OC)c1OC. The maximum Gasteiger partial charge on any atom is 0.271 e. The molecule has 0 saturated carbocycles. The fourth-order valence-corrected chi connectivity index (χ4v) is 3.02. The molecule has 0 heterocycles. The summed E-state index contributed by atoms with van der Waals surface area (Å²) in [6.45, 7) is 0. The highest BCUT2D eigenvalue weighted by Gasteiger charge is 2.16. The first-order valence-electron chi connectivity index (χ1n) is 8.82. The normalized spacial score (nSPS) is 10.8. The molecule has 0 aliphatic heterocycles. The first-order chi connectivity index (χ1) is 14.1. The second kappa shape index (κ2) is 8.97. The number of nitrogens with one attached hydrogen (secondary N) is 1. The van der Waals surface area contributed by atoms with Crippen molar-refractivity contribution in [2.45, 2.75) is 0 Å². The van der Waals surface area contributed by atoms with E-state index < -0.39 is 5.91 Å². The van der Waals surface area contributed by atoms with Crippen molar-refractivity contribution in [2.24, 2.45) is 5.10 Å². The minimum atomic E-state index is -0.417. The Hall–Kier alpha value is -3.74. The molecule has 0 unspecified atom stereocenters. The molecule has 150 valence electrons. The number of hydrazone groups is 1. The molecule has 7 heteroatoms. The minimum absolute atomic E-state index is 0.321. The molecular weight excluding hydrogens is 372 g/mol. The van der Waals surface area contributed by atoms with Gasteiger partial charge in [-0.2, -0.15) is 5.10 Å². The Morgan fingerprint density at radius 1 is 0.862 bits per heavy atom. The van der Waals surface area contributed by atoms with Gasteiger partial charge in [0.2, 0.25) is 5.75 Å². The number of hydrogen-bond acceptors (Lipinski definition) is 6. The Balaban J connectivity index is 1.88. The summed E-state index contributed by atoms with van der Waals surface area (Å²) in [6, 6.07) is 14.8. The summed E-state index contributed by atoms with van der Waals surface area (Å²) >= 11 is 0. The van der Waals surface area contributed by atoms with Gasteiger partial charge in [0.05, 0.1) is 34.7 Å². The van der Waals surface area contributed by atoms with E-state index >= 15 is 0 Å². The van der Waals surface area contributed by atoms with Gasteiger partial charge in [0.25, 0.3) is 5.91 Å². The highest BCUT2D eigenvalue weighted by molar-refractivity contribution is 6.03. The first-order valence-corrected chi connectivity index (χ1v) is 8.82. The number of carbonyl (C=O) groups excluding carboxylic acids is 1. The van der Waals surface area contributed by atoms with Crippen LogP contribution in [0.15, 0.2) is 53.6 Å². The van der Waals surface area contributed by atoms with Crippen LogP contribution in [0, 0.1) is 0 Å². The number of fused-ring (bicyclic) bond motifs is 1. The van der Waals surface area contributed by atoms with Crippen molar-refractivity contribution in [1.82, 2.24) is 5.43 Å². The lowest BCUT2D eigenvalue weighted by Crippen LogP contribution is -2.18. The molecule has 3 aromatic carbocycles. The number of carbonyl (C=O) groups is 1. The van der Waals surface area contributed by atoms with Crippen molar-refractivity contribution in [2.75, 3.05) is 28.4 Å². The van der Waals surface area contributed by atoms with Crippen molar-refractivity contribution >= 4 is 22.9 Å². The Labute approximate surface area is 168 Å². The van der Waals surface area contributed by atoms with Crippen LogP contribution in [0.3, 0.4) is 0 Å². The van der Waals surface area contributed by atoms with Gasteiger partial charge in [-0.25, -0.2) is 5.43 Å². The quantitative estimate of drug-likeness (QED) is 0.489. The lowest BCUT2D eigenvalue weighted by Gasteiger charge is -2.13. The zero-order chi connectivity index (χ0) is 20.8. The molecule has 0 spiro atoms. The van der Waals surface area contributed by atoms with Crippen LogP contribution in [-0.2, 0) is 0 Å². The lowest BCUT2D eigenvalue weighted by atomic mass is 10.0. The van der Waals surface area contributed by atoms with Crippen LogP contribution in [0.25, 0.3) is 10.8 Å². The zero-order valence-electron chi connectivity index (χ0n) is 16.7. The van der Waals surface area contributed by atoms with Gasteiger partial charge in [-0.1, -0.05) is 30.3 Å². The maximum absolute atomic E-state index is 12.6. The van der Waals surface area contributed by atoms with Gasteiger partial charge in [0.15, 0.2) is 11.5 Å². The van der Waals surface area contributed by atoms with E-state index in [0.717, 1.165) is 16.3 Å². The molecule has 1 N–H and O–H groups in total. The van der Waals surface area contributed by atoms with Crippen molar-refractivity contribution < 1.29 is 23.7 Å². The van der Waals surface area contributed by atoms with Gasteiger partial charge < -0.3 is 18.9 Å². The smallest absolute Gasteiger partial charge is 0.271 e. The molecule has 1 amide bonds. The summed E-state index contributed by atoms with van der Waals surface area (Å²) in [7, 11) is 6.08. The van der Waals surface area contributed by atoms with Gasteiger partial charge in [-0.05, 0) is 29.0 Å². The fourth-order valence-electron chi connectivity index (χ4n) is 3.02. The first kappa shape index (κ1) is 20.0. The van der Waals surface area contributed by atoms with E-state index in [-0.39, 0.29) is 0 Å². The van der Waals surface area contributed by atoms with Crippen molar-refractivity contribution in [3.8, 4) is 23.0 Å². The Morgan fingerprint density at radius 2 is 1.52 bits per heavy atom. The van der Waals surface area contributed by atoms with Crippen LogP contribution in [0.4, 0.5) is 0 Å². The molecule has 3 rings (SSSR count). The number of rotatable bonds is 7. The number of benzene rings is 3. The minimum Gasteiger partial charge on any atom is -0.496 e. The molecule has 0 aromatic heterocycles. The summed E-state index contributed by atoms with van der Waals surface area (Å²) in [5.74, 6) is 1.43. The third-order valence-corrected chi connectivity index (χ3v) is 4.44. The second-order valence-electron chi connectivity index (χ2n) is 6.02. The van der Waals surface area contributed by atoms with E-state index in [2.05, 4.69) is 10.5 Å². The Bertz CT molecular complexity index is 1040. The third kappa shape index (κ3) is 4.08. The van der Waals surface area contributed by atoms with Crippen molar-refractivity contribution in [1.29, 1.82) is 0 Å².